The molecule has 0 radical (unpaired) electrons. The number of hydrogen-bond acceptors (Lipinski definition) is 3. The number of carboxylic acid groups (broad SMARTS) is 1. The first-order valence-corrected chi connectivity index (χ1v) is 8.36. The molecule has 0 aromatic heterocycles. The summed E-state index contributed by atoms with van der Waals surface area (Å²) in [5.74, 6) is -1.56. The Bertz CT molecular complexity index is 591. The number of carboxylic acids is 1. The summed E-state index contributed by atoms with van der Waals surface area (Å²) < 4.78 is 13.3. The maximum absolute atomic E-state index is 13.3. The monoisotopic (exact) mass is 336 g/mol. The lowest BCUT2D eigenvalue weighted by Crippen LogP contribution is -2.48. The summed E-state index contributed by atoms with van der Waals surface area (Å²) >= 11 is 0. The Morgan fingerprint density at radius 2 is 2.17 bits per heavy atom. The first-order valence-electron chi connectivity index (χ1n) is 8.36. The third-order valence-corrected chi connectivity index (χ3v) is 4.36. The molecule has 1 unspecified atom stereocenters. The molecule has 1 saturated heterocycles. The highest BCUT2D eigenvalue weighted by atomic mass is 19.1. The van der Waals surface area contributed by atoms with Crippen molar-refractivity contribution in [2.24, 2.45) is 5.92 Å². The zero-order valence-electron chi connectivity index (χ0n) is 14.2. The summed E-state index contributed by atoms with van der Waals surface area (Å²) in [6.07, 6.45) is 1.64. The number of aliphatic carboxylic acids is 1. The van der Waals surface area contributed by atoms with Crippen molar-refractivity contribution in [1.82, 2.24) is 9.80 Å². The van der Waals surface area contributed by atoms with Crippen LogP contribution in [-0.2, 0) is 16.1 Å². The number of hydrogen-bond donors (Lipinski definition) is 1. The van der Waals surface area contributed by atoms with E-state index in [9.17, 15) is 14.0 Å². The van der Waals surface area contributed by atoms with Crippen molar-refractivity contribution in [2.75, 3.05) is 19.6 Å². The molecule has 0 saturated carbocycles. The van der Waals surface area contributed by atoms with Crippen LogP contribution in [0.4, 0.5) is 4.39 Å². The summed E-state index contributed by atoms with van der Waals surface area (Å²) in [5.41, 5.74) is 0.884. The molecule has 1 aliphatic rings. The molecular weight excluding hydrogens is 311 g/mol. The maximum Gasteiger partial charge on any atom is 0.323 e. The summed E-state index contributed by atoms with van der Waals surface area (Å²) in [6, 6.07) is 6.34. The lowest BCUT2D eigenvalue weighted by Gasteiger charge is -2.36. The normalized spacial score (nSPS) is 18.6. The second kappa shape index (κ2) is 8.24. The van der Waals surface area contributed by atoms with Crippen LogP contribution >= 0.6 is 0 Å². The van der Waals surface area contributed by atoms with Crippen molar-refractivity contribution in [3.8, 4) is 0 Å². The van der Waals surface area contributed by atoms with Gasteiger partial charge in [-0.25, -0.2) is 4.39 Å². The first kappa shape index (κ1) is 18.4. The highest BCUT2D eigenvalue weighted by Crippen LogP contribution is 2.21. The van der Waals surface area contributed by atoms with E-state index in [1.165, 1.54) is 17.0 Å². The number of piperidine rings is 1. The van der Waals surface area contributed by atoms with Crippen LogP contribution in [0.3, 0.4) is 0 Å². The lowest BCUT2D eigenvalue weighted by molar-refractivity contribution is -0.148. The Balaban J connectivity index is 2.01. The number of halogens is 1. The van der Waals surface area contributed by atoms with Crippen LogP contribution in [-0.4, -0.2) is 52.5 Å². The molecule has 6 heteroatoms. The van der Waals surface area contributed by atoms with E-state index in [0.717, 1.165) is 24.9 Å². The Morgan fingerprint density at radius 1 is 1.42 bits per heavy atom. The summed E-state index contributed by atoms with van der Waals surface area (Å²) in [4.78, 5) is 27.3. The van der Waals surface area contributed by atoms with Gasteiger partial charge < -0.3 is 10.0 Å². The van der Waals surface area contributed by atoms with E-state index in [2.05, 4.69) is 4.90 Å². The Hall–Kier alpha value is -1.95. The van der Waals surface area contributed by atoms with E-state index >= 15 is 0 Å². The lowest BCUT2D eigenvalue weighted by atomic mass is 9.95. The van der Waals surface area contributed by atoms with Crippen LogP contribution < -0.4 is 0 Å². The number of rotatable bonds is 6. The zero-order valence-corrected chi connectivity index (χ0v) is 14.2. The van der Waals surface area contributed by atoms with Gasteiger partial charge in [0.2, 0.25) is 5.91 Å². The number of carbonyl (C=O) groups excluding carboxylic acids is 1. The van der Waals surface area contributed by atoms with Gasteiger partial charge in [0.25, 0.3) is 0 Å². The maximum atomic E-state index is 13.3. The van der Waals surface area contributed by atoms with E-state index in [1.54, 1.807) is 6.07 Å². The zero-order chi connectivity index (χ0) is 17.7. The quantitative estimate of drug-likeness (QED) is 0.866. The third kappa shape index (κ3) is 5.03. The van der Waals surface area contributed by atoms with Crippen LogP contribution in [0.1, 0.15) is 32.3 Å². The molecule has 1 atom stereocenters. The number of amides is 1. The molecule has 2 rings (SSSR count). The van der Waals surface area contributed by atoms with E-state index in [0.29, 0.717) is 13.1 Å². The second-order valence-corrected chi connectivity index (χ2v) is 6.66. The van der Waals surface area contributed by atoms with Gasteiger partial charge in [0.1, 0.15) is 12.4 Å². The molecular formula is C18H25FN2O3. The summed E-state index contributed by atoms with van der Waals surface area (Å²) in [5, 5.41) is 9.01. The van der Waals surface area contributed by atoms with Gasteiger partial charge >= 0.3 is 5.97 Å². The van der Waals surface area contributed by atoms with Gasteiger partial charge in [0, 0.05) is 19.1 Å². The van der Waals surface area contributed by atoms with Crippen molar-refractivity contribution in [3.63, 3.8) is 0 Å². The molecule has 132 valence electrons. The van der Waals surface area contributed by atoms with Crippen LogP contribution in [0.15, 0.2) is 24.3 Å². The minimum absolute atomic E-state index is 0.101. The van der Waals surface area contributed by atoms with Crippen molar-refractivity contribution in [2.45, 2.75) is 39.3 Å². The van der Waals surface area contributed by atoms with Crippen molar-refractivity contribution in [1.29, 1.82) is 0 Å². The van der Waals surface area contributed by atoms with Gasteiger partial charge in [-0.2, -0.15) is 0 Å². The predicted octanol–water partition coefficient (Wildman–Crippen LogP) is 2.36. The fourth-order valence-electron chi connectivity index (χ4n) is 3.19. The number of benzene rings is 1. The molecule has 1 amide bonds. The standard InChI is InChI=1S/C18H25FN2O3/c1-13(2)21(12-17(22)23)18(24)15-6-4-8-20(11-15)10-14-5-3-7-16(19)9-14/h3,5,7,9,13,15H,4,6,8,10-12H2,1-2H3,(H,22,23). The topological polar surface area (TPSA) is 60.9 Å². The molecule has 0 aliphatic carbocycles. The van der Waals surface area contributed by atoms with Crippen LogP contribution in [0.5, 0.6) is 0 Å². The van der Waals surface area contributed by atoms with Gasteiger partial charge in [0.15, 0.2) is 0 Å². The van der Waals surface area contributed by atoms with Gasteiger partial charge in [0.05, 0.1) is 5.92 Å². The smallest absolute Gasteiger partial charge is 0.323 e. The number of nitrogens with zero attached hydrogens (tertiary/aromatic N) is 2. The van der Waals surface area contributed by atoms with Crippen molar-refractivity contribution in [3.05, 3.63) is 35.6 Å². The highest BCUT2D eigenvalue weighted by molar-refractivity contribution is 5.83. The average molecular weight is 336 g/mol. The Morgan fingerprint density at radius 3 is 2.79 bits per heavy atom. The SMILES string of the molecule is CC(C)N(CC(=O)O)C(=O)C1CCCN(Cc2cccc(F)c2)C1. The molecule has 0 spiro atoms. The van der Waals surface area contributed by atoms with Crippen molar-refractivity contribution >= 4 is 11.9 Å². The molecule has 0 bridgehead atoms. The molecule has 1 aliphatic heterocycles. The Labute approximate surface area is 142 Å². The van der Waals surface area contributed by atoms with E-state index < -0.39 is 5.97 Å². The largest absolute Gasteiger partial charge is 0.480 e. The number of likely N-dealkylation sites (tertiary alicyclic amines) is 1. The van der Waals surface area contributed by atoms with E-state index in [4.69, 9.17) is 5.11 Å². The first-order chi connectivity index (χ1) is 11.4. The van der Waals surface area contributed by atoms with Crippen LogP contribution in [0, 0.1) is 11.7 Å². The summed E-state index contributed by atoms with van der Waals surface area (Å²) in [7, 11) is 0. The number of carbonyl (C=O) groups is 2. The predicted molar refractivity (Wildman–Crippen MR) is 88.9 cm³/mol. The van der Waals surface area contributed by atoms with Gasteiger partial charge in [-0.3, -0.25) is 14.5 Å². The van der Waals surface area contributed by atoms with Gasteiger partial charge in [-0.05, 0) is 50.9 Å². The molecule has 5 nitrogen and oxygen atoms in total. The molecule has 24 heavy (non-hydrogen) atoms. The van der Waals surface area contributed by atoms with Gasteiger partial charge in [-0.15, -0.1) is 0 Å². The molecule has 1 fully saturated rings. The van der Waals surface area contributed by atoms with Crippen LogP contribution in [0.2, 0.25) is 0 Å². The van der Waals surface area contributed by atoms with E-state index in [1.807, 2.05) is 19.9 Å². The molecule has 1 aromatic rings. The minimum atomic E-state index is -0.996. The van der Waals surface area contributed by atoms with Gasteiger partial charge in [-0.1, -0.05) is 12.1 Å². The van der Waals surface area contributed by atoms with Crippen molar-refractivity contribution < 1.29 is 19.1 Å². The molecule has 1 aromatic carbocycles. The Kier molecular flexibility index (Phi) is 6.31. The second-order valence-electron chi connectivity index (χ2n) is 6.66. The molecule has 1 heterocycles. The van der Waals surface area contributed by atoms with E-state index in [-0.39, 0.29) is 30.2 Å². The fraction of sp³-hybridized carbons (Fsp3) is 0.556. The highest BCUT2D eigenvalue weighted by Gasteiger charge is 2.31. The fourth-order valence-corrected chi connectivity index (χ4v) is 3.19. The van der Waals surface area contributed by atoms with Crippen LogP contribution in [0.25, 0.3) is 0 Å². The third-order valence-electron chi connectivity index (χ3n) is 4.36. The summed E-state index contributed by atoms with van der Waals surface area (Å²) in [6.45, 7) is 5.43. The minimum Gasteiger partial charge on any atom is -0.480 e. The molecule has 1 N–H and O–H groups in total. The average Bonchev–Trinajstić information content (AvgIpc) is 2.52.